The van der Waals surface area contributed by atoms with E-state index in [1.807, 2.05) is 24.3 Å². The Labute approximate surface area is 154 Å². The number of hydrogen-bond donors (Lipinski definition) is 2. The van der Waals surface area contributed by atoms with Gasteiger partial charge in [0.1, 0.15) is 5.75 Å². The van der Waals surface area contributed by atoms with Crippen LogP contribution in [-0.2, 0) is 11.2 Å². The Hall–Kier alpha value is -2.34. The minimum Gasteiger partial charge on any atom is -0.497 e. The van der Waals surface area contributed by atoms with Crippen molar-refractivity contribution in [1.29, 1.82) is 0 Å². The molecule has 1 aromatic carbocycles. The lowest BCUT2D eigenvalue weighted by Crippen LogP contribution is -2.30. The molecule has 6 nitrogen and oxygen atoms in total. The van der Waals surface area contributed by atoms with Crippen molar-refractivity contribution in [2.24, 2.45) is 0 Å². The van der Waals surface area contributed by atoms with Crippen LogP contribution in [0.1, 0.15) is 32.3 Å². The maximum Gasteiger partial charge on any atom is 0.251 e. The van der Waals surface area contributed by atoms with Gasteiger partial charge in [-0.05, 0) is 56.7 Å². The highest BCUT2D eigenvalue weighted by Crippen LogP contribution is 2.19. The SMILES string of the molecule is CCN(CC)CCCNC(=O)CCc1cc2cc(OC)ccc2[nH]c1=O. The number of aromatic amines is 1. The highest BCUT2D eigenvalue weighted by molar-refractivity contribution is 5.81. The number of aromatic nitrogens is 1. The summed E-state index contributed by atoms with van der Waals surface area (Å²) in [7, 11) is 1.61. The summed E-state index contributed by atoms with van der Waals surface area (Å²) in [5, 5.41) is 3.83. The number of carbonyl (C=O) groups is 1. The third-order valence-corrected chi connectivity index (χ3v) is 4.62. The maximum absolute atomic E-state index is 12.2. The number of rotatable bonds is 10. The van der Waals surface area contributed by atoms with Crippen LogP contribution in [0.15, 0.2) is 29.1 Å². The van der Waals surface area contributed by atoms with Crippen LogP contribution in [0.5, 0.6) is 5.75 Å². The molecule has 0 atom stereocenters. The van der Waals surface area contributed by atoms with E-state index in [9.17, 15) is 9.59 Å². The second-order valence-corrected chi connectivity index (χ2v) is 6.31. The van der Waals surface area contributed by atoms with Gasteiger partial charge in [0.2, 0.25) is 5.91 Å². The molecule has 0 fully saturated rings. The van der Waals surface area contributed by atoms with Crippen LogP contribution in [0.2, 0.25) is 0 Å². The normalized spacial score (nSPS) is 11.1. The summed E-state index contributed by atoms with van der Waals surface area (Å²) < 4.78 is 5.22. The molecule has 142 valence electrons. The van der Waals surface area contributed by atoms with Gasteiger partial charge in [0.05, 0.1) is 7.11 Å². The number of nitrogens with one attached hydrogen (secondary N) is 2. The van der Waals surface area contributed by atoms with Gasteiger partial charge in [-0.15, -0.1) is 0 Å². The van der Waals surface area contributed by atoms with E-state index in [2.05, 4.69) is 29.0 Å². The number of benzene rings is 1. The number of hydrogen-bond acceptors (Lipinski definition) is 4. The standard InChI is InChI=1S/C20H29N3O3/c1-4-23(5-2)12-6-11-21-19(24)10-7-15-13-16-14-17(26-3)8-9-18(16)22-20(15)25/h8-9,13-14H,4-7,10-12H2,1-3H3,(H,21,24)(H,22,25). The van der Waals surface area contributed by atoms with Crippen molar-refractivity contribution in [1.82, 2.24) is 15.2 Å². The molecular formula is C20H29N3O3. The lowest BCUT2D eigenvalue weighted by molar-refractivity contribution is -0.121. The predicted octanol–water partition coefficient (Wildman–Crippen LogP) is 2.32. The summed E-state index contributed by atoms with van der Waals surface area (Å²) in [5.41, 5.74) is 1.24. The molecule has 0 unspecified atom stereocenters. The first-order chi connectivity index (χ1) is 12.6. The summed E-state index contributed by atoms with van der Waals surface area (Å²) in [6, 6.07) is 7.35. The maximum atomic E-state index is 12.2. The number of ether oxygens (including phenoxy) is 1. The summed E-state index contributed by atoms with van der Waals surface area (Å²) in [6.07, 6.45) is 1.66. The highest BCUT2D eigenvalue weighted by Gasteiger charge is 2.08. The average molecular weight is 359 g/mol. The van der Waals surface area contributed by atoms with Gasteiger partial charge in [-0.2, -0.15) is 0 Å². The van der Waals surface area contributed by atoms with E-state index >= 15 is 0 Å². The molecule has 1 heterocycles. The molecular weight excluding hydrogens is 330 g/mol. The Morgan fingerprint density at radius 3 is 2.69 bits per heavy atom. The van der Waals surface area contributed by atoms with E-state index in [-0.39, 0.29) is 11.5 Å². The van der Waals surface area contributed by atoms with Crippen LogP contribution in [0.25, 0.3) is 10.9 Å². The number of fused-ring (bicyclic) bond motifs is 1. The van der Waals surface area contributed by atoms with Crippen LogP contribution >= 0.6 is 0 Å². The number of amides is 1. The van der Waals surface area contributed by atoms with Crippen molar-refractivity contribution in [2.45, 2.75) is 33.1 Å². The smallest absolute Gasteiger partial charge is 0.251 e. The van der Waals surface area contributed by atoms with Crippen molar-refractivity contribution >= 4 is 16.8 Å². The molecule has 2 N–H and O–H groups in total. The van der Waals surface area contributed by atoms with E-state index in [4.69, 9.17) is 4.74 Å². The van der Waals surface area contributed by atoms with Gasteiger partial charge < -0.3 is 19.9 Å². The molecule has 1 amide bonds. The molecule has 2 rings (SSSR count). The molecule has 6 heteroatoms. The predicted molar refractivity (Wildman–Crippen MR) is 105 cm³/mol. The molecule has 2 aromatic rings. The molecule has 0 aliphatic carbocycles. The zero-order chi connectivity index (χ0) is 18.9. The minimum atomic E-state index is -0.142. The van der Waals surface area contributed by atoms with Crippen molar-refractivity contribution in [3.8, 4) is 5.75 Å². The number of aryl methyl sites for hydroxylation is 1. The third-order valence-electron chi connectivity index (χ3n) is 4.62. The topological polar surface area (TPSA) is 74.4 Å². The summed E-state index contributed by atoms with van der Waals surface area (Å²) in [6.45, 7) is 7.98. The number of nitrogens with zero attached hydrogens (tertiary/aromatic N) is 1. The van der Waals surface area contributed by atoms with E-state index in [1.165, 1.54) is 0 Å². The molecule has 0 spiro atoms. The second-order valence-electron chi connectivity index (χ2n) is 6.31. The first-order valence-electron chi connectivity index (χ1n) is 9.26. The first-order valence-corrected chi connectivity index (χ1v) is 9.26. The molecule has 0 bridgehead atoms. The fourth-order valence-corrected chi connectivity index (χ4v) is 2.95. The van der Waals surface area contributed by atoms with Gasteiger partial charge in [-0.1, -0.05) is 13.8 Å². The van der Waals surface area contributed by atoms with Gasteiger partial charge in [0, 0.05) is 29.4 Å². The molecule has 0 radical (unpaired) electrons. The monoisotopic (exact) mass is 359 g/mol. The average Bonchev–Trinajstić information content (AvgIpc) is 2.66. The van der Waals surface area contributed by atoms with E-state index in [0.717, 1.165) is 42.7 Å². The quantitative estimate of drug-likeness (QED) is 0.639. The van der Waals surface area contributed by atoms with Crippen LogP contribution in [0, 0.1) is 0 Å². The second kappa shape index (κ2) is 9.97. The third kappa shape index (κ3) is 5.59. The highest BCUT2D eigenvalue weighted by atomic mass is 16.5. The summed E-state index contributed by atoms with van der Waals surface area (Å²) in [5.74, 6) is 0.719. The zero-order valence-electron chi connectivity index (χ0n) is 15.9. The van der Waals surface area contributed by atoms with Crippen LogP contribution < -0.4 is 15.6 Å². The fourth-order valence-electron chi connectivity index (χ4n) is 2.95. The Kier molecular flexibility index (Phi) is 7.66. The van der Waals surface area contributed by atoms with Crippen molar-refractivity contribution in [2.75, 3.05) is 33.3 Å². The molecule has 0 saturated heterocycles. The van der Waals surface area contributed by atoms with Crippen molar-refractivity contribution < 1.29 is 9.53 Å². The van der Waals surface area contributed by atoms with Gasteiger partial charge >= 0.3 is 0 Å². The van der Waals surface area contributed by atoms with Gasteiger partial charge in [-0.25, -0.2) is 0 Å². The van der Waals surface area contributed by atoms with Gasteiger partial charge in [-0.3, -0.25) is 9.59 Å². The molecule has 0 saturated carbocycles. The number of carbonyl (C=O) groups excluding carboxylic acids is 1. The minimum absolute atomic E-state index is 0.0188. The Bertz CT molecular complexity index is 781. The summed E-state index contributed by atoms with van der Waals surface area (Å²) >= 11 is 0. The van der Waals surface area contributed by atoms with E-state index in [0.29, 0.717) is 24.9 Å². The Balaban J connectivity index is 1.87. The lowest BCUT2D eigenvalue weighted by atomic mass is 10.1. The van der Waals surface area contributed by atoms with Gasteiger partial charge in [0.25, 0.3) is 5.56 Å². The van der Waals surface area contributed by atoms with E-state index in [1.54, 1.807) is 7.11 Å². The van der Waals surface area contributed by atoms with Crippen molar-refractivity contribution in [3.05, 3.63) is 40.2 Å². The first kappa shape index (κ1) is 20.0. The van der Waals surface area contributed by atoms with Crippen molar-refractivity contribution in [3.63, 3.8) is 0 Å². The molecule has 0 aliphatic heterocycles. The fraction of sp³-hybridized carbons (Fsp3) is 0.500. The van der Waals surface area contributed by atoms with Gasteiger partial charge in [0.15, 0.2) is 0 Å². The number of pyridine rings is 1. The lowest BCUT2D eigenvalue weighted by Gasteiger charge is -2.17. The van der Waals surface area contributed by atoms with Crippen LogP contribution in [-0.4, -0.2) is 49.1 Å². The molecule has 1 aromatic heterocycles. The van der Waals surface area contributed by atoms with Crippen LogP contribution in [0.3, 0.4) is 0 Å². The zero-order valence-corrected chi connectivity index (χ0v) is 15.9. The molecule has 0 aliphatic rings. The van der Waals surface area contributed by atoms with E-state index < -0.39 is 0 Å². The Morgan fingerprint density at radius 1 is 1.23 bits per heavy atom. The number of H-pyrrole nitrogens is 1. The van der Waals surface area contributed by atoms with Crippen LogP contribution in [0.4, 0.5) is 0 Å². The Morgan fingerprint density at radius 2 is 2.00 bits per heavy atom. The molecule has 26 heavy (non-hydrogen) atoms. The summed E-state index contributed by atoms with van der Waals surface area (Å²) in [4.78, 5) is 29.4. The largest absolute Gasteiger partial charge is 0.497 e. The number of methoxy groups -OCH3 is 1.